The average molecular weight is 420 g/mol. The van der Waals surface area contributed by atoms with Gasteiger partial charge in [-0.3, -0.25) is 14.6 Å². The Hall–Kier alpha value is -3.21. The minimum absolute atomic E-state index is 0.166. The van der Waals surface area contributed by atoms with Crippen molar-refractivity contribution < 1.29 is 9.90 Å². The number of hydrazone groups is 1. The lowest BCUT2D eigenvalue weighted by atomic mass is 10.1. The lowest BCUT2D eigenvalue weighted by Crippen LogP contribution is -2.48. The topological polar surface area (TPSA) is 92.0 Å². The molecule has 162 valence electrons. The van der Waals surface area contributed by atoms with Crippen molar-refractivity contribution in [2.75, 3.05) is 32.7 Å². The smallest absolute Gasteiger partial charge is 0.254 e. The number of nitrogens with zero attached hydrogens (tertiary/aromatic N) is 4. The molecule has 0 aromatic heterocycles. The Bertz CT molecular complexity index is 941. The number of nitrogens with one attached hydrogen (secondary N) is 1. The fourth-order valence-corrected chi connectivity index (χ4v) is 3.65. The third kappa shape index (κ3) is 6.64. The number of amides is 1. The first-order valence-corrected chi connectivity index (χ1v) is 10.7. The summed E-state index contributed by atoms with van der Waals surface area (Å²) in [7, 11) is 0. The van der Waals surface area contributed by atoms with Gasteiger partial charge < -0.3 is 5.11 Å². The van der Waals surface area contributed by atoms with Crippen molar-refractivity contribution in [2.24, 2.45) is 5.10 Å². The van der Waals surface area contributed by atoms with Crippen LogP contribution in [0.25, 0.3) is 0 Å². The van der Waals surface area contributed by atoms with Crippen LogP contribution in [0.3, 0.4) is 0 Å². The Morgan fingerprint density at radius 3 is 2.55 bits per heavy atom. The third-order valence-corrected chi connectivity index (χ3v) is 5.38. The van der Waals surface area contributed by atoms with E-state index in [-0.39, 0.29) is 11.7 Å². The number of aromatic hydroxyl groups is 1. The molecule has 31 heavy (non-hydrogen) atoms. The lowest BCUT2D eigenvalue weighted by Gasteiger charge is -2.34. The van der Waals surface area contributed by atoms with Gasteiger partial charge in [-0.25, -0.2) is 5.43 Å². The molecule has 2 aromatic carbocycles. The fourth-order valence-electron chi connectivity index (χ4n) is 3.65. The zero-order chi connectivity index (χ0) is 22.1. The molecule has 1 amide bonds. The zero-order valence-corrected chi connectivity index (χ0v) is 17.9. The van der Waals surface area contributed by atoms with Crippen LogP contribution in [-0.4, -0.2) is 59.8 Å². The van der Waals surface area contributed by atoms with Crippen molar-refractivity contribution in [3.8, 4) is 11.8 Å². The van der Waals surface area contributed by atoms with E-state index in [0.717, 1.165) is 51.1 Å². The second kappa shape index (κ2) is 11.3. The van der Waals surface area contributed by atoms with Crippen LogP contribution < -0.4 is 5.43 Å². The number of hydrogen-bond donors (Lipinski definition) is 2. The van der Waals surface area contributed by atoms with Crippen LogP contribution in [0.5, 0.6) is 5.75 Å². The predicted octanol–water partition coefficient (Wildman–Crippen LogP) is 2.48. The molecule has 1 aliphatic rings. The summed E-state index contributed by atoms with van der Waals surface area (Å²) in [6, 6.07) is 15.4. The van der Waals surface area contributed by atoms with E-state index in [2.05, 4.69) is 33.3 Å². The summed E-state index contributed by atoms with van der Waals surface area (Å²) >= 11 is 0. The van der Waals surface area contributed by atoms with Gasteiger partial charge in [-0.15, -0.1) is 0 Å². The first-order chi connectivity index (χ1) is 15.1. The monoisotopic (exact) mass is 419 g/mol. The maximum atomic E-state index is 12.2. The number of carbonyl (C=O) groups is 1. The van der Waals surface area contributed by atoms with E-state index < -0.39 is 0 Å². The minimum Gasteiger partial charge on any atom is -0.507 e. The van der Waals surface area contributed by atoms with Crippen molar-refractivity contribution in [2.45, 2.75) is 26.3 Å². The van der Waals surface area contributed by atoms with Gasteiger partial charge in [-0.05, 0) is 35.7 Å². The second-order valence-corrected chi connectivity index (χ2v) is 7.76. The van der Waals surface area contributed by atoms with Gasteiger partial charge >= 0.3 is 0 Å². The number of nitriles is 1. The van der Waals surface area contributed by atoms with Crippen molar-refractivity contribution in [1.29, 1.82) is 5.26 Å². The van der Waals surface area contributed by atoms with Crippen LogP contribution in [0, 0.1) is 11.3 Å². The van der Waals surface area contributed by atoms with Gasteiger partial charge in [0.2, 0.25) is 0 Å². The molecule has 1 aliphatic heterocycles. The molecule has 0 unspecified atom stereocenters. The highest BCUT2D eigenvalue weighted by molar-refractivity contribution is 5.86. The summed E-state index contributed by atoms with van der Waals surface area (Å²) in [6.07, 6.45) is 3.24. The number of hydrogen-bond acceptors (Lipinski definition) is 6. The molecule has 1 heterocycles. The SMILES string of the molecule is CCCc1cccc(/C=N/NC(=O)CN2CCN(Cc3ccc(C#N)cc3)CC2)c1O. The maximum absolute atomic E-state index is 12.2. The Labute approximate surface area is 183 Å². The number of para-hydroxylation sites is 1. The number of carbonyl (C=O) groups excluding carboxylic acids is 1. The molecule has 2 aromatic rings. The number of piperazine rings is 1. The molecule has 0 aliphatic carbocycles. The van der Waals surface area contributed by atoms with Crippen LogP contribution in [-0.2, 0) is 17.8 Å². The first kappa shape index (κ1) is 22.5. The van der Waals surface area contributed by atoms with Gasteiger partial charge in [0.1, 0.15) is 5.75 Å². The Morgan fingerprint density at radius 2 is 1.87 bits per heavy atom. The molecule has 0 spiro atoms. The molecule has 3 rings (SSSR count). The molecule has 2 N–H and O–H groups in total. The third-order valence-electron chi connectivity index (χ3n) is 5.38. The lowest BCUT2D eigenvalue weighted by molar-refractivity contribution is -0.122. The summed E-state index contributed by atoms with van der Waals surface area (Å²) in [5.74, 6) is 0.0572. The average Bonchev–Trinajstić information content (AvgIpc) is 2.78. The Morgan fingerprint density at radius 1 is 1.16 bits per heavy atom. The quantitative estimate of drug-likeness (QED) is 0.507. The van der Waals surface area contributed by atoms with Gasteiger partial charge in [-0.1, -0.05) is 37.6 Å². The largest absolute Gasteiger partial charge is 0.507 e. The molecule has 0 radical (unpaired) electrons. The second-order valence-electron chi connectivity index (χ2n) is 7.76. The fraction of sp³-hybridized carbons (Fsp3) is 0.375. The highest BCUT2D eigenvalue weighted by atomic mass is 16.3. The number of phenols is 1. The van der Waals surface area contributed by atoms with Crippen molar-refractivity contribution in [1.82, 2.24) is 15.2 Å². The van der Waals surface area contributed by atoms with E-state index in [4.69, 9.17) is 5.26 Å². The predicted molar refractivity (Wildman–Crippen MR) is 121 cm³/mol. The molecular formula is C24H29N5O2. The van der Waals surface area contributed by atoms with Gasteiger partial charge in [0.05, 0.1) is 24.4 Å². The van der Waals surface area contributed by atoms with E-state index in [1.165, 1.54) is 11.8 Å². The zero-order valence-electron chi connectivity index (χ0n) is 17.9. The van der Waals surface area contributed by atoms with Crippen LogP contribution >= 0.6 is 0 Å². The maximum Gasteiger partial charge on any atom is 0.254 e. The van der Waals surface area contributed by atoms with Gasteiger partial charge in [-0.2, -0.15) is 10.4 Å². The molecule has 7 nitrogen and oxygen atoms in total. The normalized spacial score (nSPS) is 15.1. The van der Waals surface area contributed by atoms with Crippen LogP contribution in [0.4, 0.5) is 0 Å². The summed E-state index contributed by atoms with van der Waals surface area (Å²) < 4.78 is 0. The van der Waals surface area contributed by atoms with Crippen molar-refractivity contribution in [3.05, 3.63) is 64.7 Å². The van der Waals surface area contributed by atoms with Crippen molar-refractivity contribution >= 4 is 12.1 Å². The van der Waals surface area contributed by atoms with Crippen LogP contribution in [0.1, 0.15) is 35.6 Å². The van der Waals surface area contributed by atoms with E-state index >= 15 is 0 Å². The van der Waals surface area contributed by atoms with Gasteiger partial charge in [0.25, 0.3) is 5.91 Å². The molecule has 7 heteroatoms. The van der Waals surface area contributed by atoms with E-state index in [1.807, 2.05) is 36.4 Å². The molecular weight excluding hydrogens is 390 g/mol. The van der Waals surface area contributed by atoms with Gasteiger partial charge in [0, 0.05) is 38.3 Å². The van der Waals surface area contributed by atoms with E-state index in [9.17, 15) is 9.90 Å². The summed E-state index contributed by atoms with van der Waals surface area (Å²) in [4.78, 5) is 16.7. The van der Waals surface area contributed by atoms with Crippen LogP contribution in [0.15, 0.2) is 47.6 Å². The summed E-state index contributed by atoms with van der Waals surface area (Å²) in [6.45, 7) is 6.59. The molecule has 1 saturated heterocycles. The molecule has 0 saturated carbocycles. The molecule has 0 bridgehead atoms. The van der Waals surface area contributed by atoms with E-state index in [0.29, 0.717) is 17.7 Å². The number of benzene rings is 2. The number of rotatable bonds is 8. The Kier molecular flexibility index (Phi) is 8.16. The highest BCUT2D eigenvalue weighted by Gasteiger charge is 2.19. The highest BCUT2D eigenvalue weighted by Crippen LogP contribution is 2.22. The van der Waals surface area contributed by atoms with Gasteiger partial charge in [0.15, 0.2) is 0 Å². The summed E-state index contributed by atoms with van der Waals surface area (Å²) in [5.41, 5.74) is 5.90. The van der Waals surface area contributed by atoms with Crippen molar-refractivity contribution in [3.63, 3.8) is 0 Å². The Balaban J connectivity index is 1.41. The standard InChI is InChI=1S/C24H29N5O2/c1-2-4-21-5-3-6-22(24(21)31)16-26-27-23(30)18-29-13-11-28(12-14-29)17-20-9-7-19(15-25)8-10-20/h3,5-10,16,31H,2,4,11-14,17-18H2,1H3,(H,27,30)/b26-16+. The minimum atomic E-state index is -0.166. The number of phenolic OH excluding ortho intramolecular Hbond substituents is 1. The molecule has 1 fully saturated rings. The van der Waals surface area contributed by atoms with E-state index in [1.54, 1.807) is 6.07 Å². The number of aryl methyl sites for hydroxylation is 1. The molecule has 0 atom stereocenters. The first-order valence-electron chi connectivity index (χ1n) is 10.7. The van der Waals surface area contributed by atoms with Crippen LogP contribution in [0.2, 0.25) is 0 Å². The summed E-state index contributed by atoms with van der Waals surface area (Å²) in [5, 5.41) is 23.2.